The Morgan fingerprint density at radius 1 is 1.37 bits per heavy atom. The van der Waals surface area contributed by atoms with Crippen LogP contribution in [0.1, 0.15) is 18.4 Å². The lowest BCUT2D eigenvalue weighted by Gasteiger charge is -2.40. The number of alkyl carbamates (subject to hydrolysis) is 1. The summed E-state index contributed by atoms with van der Waals surface area (Å²) in [6.07, 6.45) is -2.52. The van der Waals surface area contributed by atoms with Gasteiger partial charge in [0.25, 0.3) is 0 Å². The number of aldehydes is 1. The van der Waals surface area contributed by atoms with Crippen LogP contribution in [0.15, 0.2) is 16.6 Å². The molecule has 166 valence electrons. The fraction of sp³-hybridized carbons (Fsp3) is 0.579. The zero-order valence-corrected chi connectivity index (χ0v) is 17.7. The van der Waals surface area contributed by atoms with E-state index in [1.165, 1.54) is 0 Å². The number of nitrogens with one attached hydrogen (secondary N) is 1. The molecular formula is C19H21BrF4N2O4. The Morgan fingerprint density at radius 2 is 2.03 bits per heavy atom. The number of ether oxygens (including phenoxy) is 2. The first-order valence-electron chi connectivity index (χ1n) is 9.29. The van der Waals surface area contributed by atoms with E-state index in [1.54, 1.807) is 0 Å². The first-order valence-corrected chi connectivity index (χ1v) is 10.1. The van der Waals surface area contributed by atoms with Crippen LogP contribution in [-0.4, -0.2) is 56.2 Å². The summed E-state index contributed by atoms with van der Waals surface area (Å²) in [6, 6.07) is 1.48. The summed E-state index contributed by atoms with van der Waals surface area (Å²) in [5.74, 6) is -0.736. The molecule has 0 atom stereocenters. The van der Waals surface area contributed by atoms with Crippen LogP contribution >= 0.6 is 15.9 Å². The molecule has 11 heteroatoms. The van der Waals surface area contributed by atoms with Crippen molar-refractivity contribution in [2.24, 2.45) is 11.8 Å². The fourth-order valence-corrected chi connectivity index (χ4v) is 4.30. The molecule has 2 aliphatic heterocycles. The smallest absolute Gasteiger partial charge is 0.417 e. The van der Waals surface area contributed by atoms with Crippen molar-refractivity contribution in [1.82, 2.24) is 10.2 Å². The minimum absolute atomic E-state index is 0.122. The predicted molar refractivity (Wildman–Crippen MR) is 102 cm³/mol. The maximum atomic E-state index is 13.6. The van der Waals surface area contributed by atoms with E-state index in [9.17, 15) is 27.2 Å². The van der Waals surface area contributed by atoms with Crippen molar-refractivity contribution in [3.05, 3.63) is 28.0 Å². The Balaban J connectivity index is 0.000000196. The molecule has 0 bridgehead atoms. The molecule has 0 radical (unpaired) electrons. The van der Waals surface area contributed by atoms with Crippen LogP contribution in [0.2, 0.25) is 0 Å². The monoisotopic (exact) mass is 496 g/mol. The van der Waals surface area contributed by atoms with Gasteiger partial charge in [-0.3, -0.25) is 0 Å². The molecule has 1 aliphatic carbocycles. The molecule has 2 heterocycles. The fourth-order valence-electron chi connectivity index (χ4n) is 3.75. The average molecular weight is 497 g/mol. The van der Waals surface area contributed by atoms with Gasteiger partial charge in [-0.15, -0.1) is 0 Å². The van der Waals surface area contributed by atoms with E-state index in [0.29, 0.717) is 25.2 Å². The zero-order valence-electron chi connectivity index (χ0n) is 16.1. The van der Waals surface area contributed by atoms with Gasteiger partial charge in [-0.05, 0) is 32.0 Å². The normalized spacial score (nSPS) is 26.1. The lowest BCUT2D eigenvalue weighted by Crippen LogP contribution is -2.54. The number of carbonyl (C=O) groups is 2. The molecule has 1 aromatic carbocycles. The van der Waals surface area contributed by atoms with Gasteiger partial charge >= 0.3 is 12.3 Å². The highest BCUT2D eigenvalue weighted by Crippen LogP contribution is 2.39. The van der Waals surface area contributed by atoms with Gasteiger partial charge in [0.15, 0.2) is 11.6 Å². The SMILES string of the molecule is CN1CC(COc2cc(Br)c(C(F)(F)F)cc2F)C1.O=CC1CC2(COC(=O)N2)C1. The molecule has 6 nitrogen and oxygen atoms in total. The lowest BCUT2D eigenvalue weighted by molar-refractivity contribution is -0.138. The number of halogens is 5. The van der Waals surface area contributed by atoms with Gasteiger partial charge in [-0.1, -0.05) is 15.9 Å². The highest BCUT2D eigenvalue weighted by atomic mass is 79.9. The molecule has 1 amide bonds. The predicted octanol–water partition coefficient (Wildman–Crippen LogP) is 3.62. The molecule has 1 aromatic rings. The van der Waals surface area contributed by atoms with Crippen LogP contribution in [0.5, 0.6) is 5.75 Å². The van der Waals surface area contributed by atoms with Crippen LogP contribution in [0.3, 0.4) is 0 Å². The molecule has 0 aromatic heterocycles. The van der Waals surface area contributed by atoms with Gasteiger partial charge in [-0.25, -0.2) is 9.18 Å². The van der Waals surface area contributed by atoms with Crippen LogP contribution in [0, 0.1) is 17.7 Å². The molecule has 2 saturated heterocycles. The molecule has 3 aliphatic rings. The number of carbonyl (C=O) groups excluding carboxylic acids is 2. The molecule has 0 unspecified atom stereocenters. The maximum absolute atomic E-state index is 13.6. The van der Waals surface area contributed by atoms with Crippen molar-refractivity contribution in [3.63, 3.8) is 0 Å². The molecular weight excluding hydrogens is 476 g/mol. The van der Waals surface area contributed by atoms with Crippen molar-refractivity contribution in [2.75, 3.05) is 33.4 Å². The van der Waals surface area contributed by atoms with Crippen molar-refractivity contribution in [2.45, 2.75) is 24.6 Å². The molecule has 1 spiro atoms. The van der Waals surface area contributed by atoms with E-state index in [0.717, 1.165) is 38.3 Å². The minimum Gasteiger partial charge on any atom is -0.490 e. The molecule has 3 fully saturated rings. The van der Waals surface area contributed by atoms with Crippen molar-refractivity contribution in [1.29, 1.82) is 0 Å². The van der Waals surface area contributed by atoms with E-state index in [2.05, 4.69) is 26.1 Å². The summed E-state index contributed by atoms with van der Waals surface area (Å²) >= 11 is 2.79. The van der Waals surface area contributed by atoms with Gasteiger partial charge in [-0.2, -0.15) is 13.2 Å². The number of benzene rings is 1. The van der Waals surface area contributed by atoms with Gasteiger partial charge in [0.05, 0.1) is 17.7 Å². The summed E-state index contributed by atoms with van der Waals surface area (Å²) in [4.78, 5) is 23.0. The average Bonchev–Trinajstić information content (AvgIpc) is 3.00. The Kier molecular flexibility index (Phi) is 6.61. The minimum atomic E-state index is -4.59. The van der Waals surface area contributed by atoms with E-state index >= 15 is 0 Å². The number of likely N-dealkylation sites (tertiary alicyclic amines) is 1. The highest BCUT2D eigenvalue weighted by molar-refractivity contribution is 9.10. The standard InChI is InChI=1S/C12H12BrF4NO.C7H9NO3/c1-18-4-7(5-18)6-19-11-3-9(13)8(2-10(11)14)12(15,16)17;9-3-5-1-7(2-5)4-11-6(10)8-7/h2-3,7H,4-6H2,1H3;3,5H,1-2,4H2,(H,8,10). The highest BCUT2D eigenvalue weighted by Gasteiger charge is 2.50. The maximum Gasteiger partial charge on any atom is 0.417 e. The van der Waals surface area contributed by atoms with Gasteiger partial charge in [0.1, 0.15) is 12.9 Å². The number of alkyl halides is 3. The second-order valence-corrected chi connectivity index (χ2v) is 8.80. The quantitative estimate of drug-likeness (QED) is 0.509. The third-order valence-electron chi connectivity index (χ3n) is 5.29. The molecule has 4 rings (SSSR count). The van der Waals surface area contributed by atoms with Crippen molar-refractivity contribution < 1.29 is 36.6 Å². The first-order chi connectivity index (χ1) is 14.0. The Labute approximate surface area is 179 Å². The Morgan fingerprint density at radius 3 is 2.53 bits per heavy atom. The number of hydrogen-bond acceptors (Lipinski definition) is 5. The number of nitrogens with zero attached hydrogens (tertiary/aromatic N) is 1. The number of amides is 1. The van der Waals surface area contributed by atoms with Crippen molar-refractivity contribution in [3.8, 4) is 5.75 Å². The summed E-state index contributed by atoms with van der Waals surface area (Å²) in [6.45, 7) is 2.43. The van der Waals surface area contributed by atoms with Gasteiger partial charge < -0.3 is 24.5 Å². The zero-order chi connectivity index (χ0) is 22.1. The third kappa shape index (κ3) is 5.23. The van der Waals surface area contributed by atoms with E-state index in [-0.39, 0.29) is 27.8 Å². The second kappa shape index (κ2) is 8.70. The molecule has 1 N–H and O–H groups in total. The summed E-state index contributed by atoms with van der Waals surface area (Å²) in [5.41, 5.74) is -1.23. The van der Waals surface area contributed by atoms with E-state index in [4.69, 9.17) is 9.47 Å². The lowest BCUT2D eigenvalue weighted by atomic mass is 9.70. The number of cyclic esters (lactones) is 1. The van der Waals surface area contributed by atoms with E-state index < -0.39 is 17.6 Å². The van der Waals surface area contributed by atoms with Crippen LogP contribution in [0.4, 0.5) is 22.4 Å². The number of rotatable bonds is 4. The second-order valence-electron chi connectivity index (χ2n) is 7.94. The molecule has 30 heavy (non-hydrogen) atoms. The number of hydrogen-bond donors (Lipinski definition) is 1. The summed E-state index contributed by atoms with van der Waals surface area (Å²) in [7, 11) is 1.95. The van der Waals surface area contributed by atoms with Crippen molar-refractivity contribution >= 4 is 28.3 Å². The topological polar surface area (TPSA) is 67.9 Å². The summed E-state index contributed by atoms with van der Waals surface area (Å²) in [5, 5.41) is 2.71. The summed E-state index contributed by atoms with van der Waals surface area (Å²) < 4.78 is 60.9. The van der Waals surface area contributed by atoms with Gasteiger partial charge in [0, 0.05) is 29.4 Å². The Hall–Kier alpha value is -1.88. The van der Waals surface area contributed by atoms with Crippen LogP contribution in [0.25, 0.3) is 0 Å². The molecule has 1 saturated carbocycles. The van der Waals surface area contributed by atoms with Crippen LogP contribution in [-0.2, 0) is 15.7 Å². The van der Waals surface area contributed by atoms with Crippen LogP contribution < -0.4 is 10.1 Å². The van der Waals surface area contributed by atoms with Gasteiger partial charge in [0.2, 0.25) is 0 Å². The first kappa shape index (κ1) is 22.8. The largest absolute Gasteiger partial charge is 0.490 e. The third-order valence-corrected chi connectivity index (χ3v) is 5.94. The van der Waals surface area contributed by atoms with E-state index in [1.807, 2.05) is 7.05 Å². The Bertz CT molecular complexity index is 808.